The zero-order valence-corrected chi connectivity index (χ0v) is 9.66. The first-order valence-corrected chi connectivity index (χ1v) is 5.42. The minimum atomic E-state index is -1.06. The lowest BCUT2D eigenvalue weighted by atomic mass is 10.0. The monoisotopic (exact) mass is 220 g/mol. The van der Waals surface area contributed by atoms with Crippen molar-refractivity contribution >= 4 is 5.78 Å². The third-order valence-corrected chi connectivity index (χ3v) is 3.28. The second-order valence-electron chi connectivity index (χ2n) is 4.03. The van der Waals surface area contributed by atoms with Gasteiger partial charge in [-0.3, -0.25) is 4.79 Å². The van der Waals surface area contributed by atoms with E-state index in [0.717, 1.165) is 12.0 Å². The highest BCUT2D eigenvalue weighted by Gasteiger charge is 2.40. The van der Waals surface area contributed by atoms with E-state index in [1.165, 1.54) is 19.8 Å². The molecule has 0 fully saturated rings. The number of hydrogen-bond donors (Lipinski definition) is 0. The molecule has 0 aromatic heterocycles. The number of methoxy groups -OCH3 is 2. The van der Waals surface area contributed by atoms with Crippen LogP contribution in [0.4, 0.5) is 0 Å². The van der Waals surface area contributed by atoms with E-state index in [1.54, 1.807) is 0 Å². The molecule has 1 aliphatic carbocycles. The fourth-order valence-electron chi connectivity index (χ4n) is 2.24. The predicted molar refractivity (Wildman–Crippen MR) is 60.2 cm³/mol. The highest BCUT2D eigenvalue weighted by molar-refractivity contribution is 5.88. The van der Waals surface area contributed by atoms with Crippen LogP contribution >= 0.6 is 0 Å². The summed E-state index contributed by atoms with van der Waals surface area (Å²) in [7, 11) is 3.05. The lowest BCUT2D eigenvalue weighted by Crippen LogP contribution is -2.43. The lowest BCUT2D eigenvalue weighted by molar-refractivity contribution is -0.208. The van der Waals surface area contributed by atoms with Gasteiger partial charge in [-0.05, 0) is 17.5 Å². The van der Waals surface area contributed by atoms with Gasteiger partial charge in [0.25, 0.3) is 0 Å². The smallest absolute Gasteiger partial charge is 0.229 e. The van der Waals surface area contributed by atoms with Gasteiger partial charge in [-0.2, -0.15) is 0 Å². The van der Waals surface area contributed by atoms with E-state index in [1.807, 2.05) is 18.2 Å². The Morgan fingerprint density at radius 3 is 2.38 bits per heavy atom. The maximum absolute atomic E-state index is 12.1. The summed E-state index contributed by atoms with van der Waals surface area (Å²) in [5.41, 5.74) is 2.30. The number of fused-ring (bicyclic) bond motifs is 1. The molecule has 0 N–H and O–H groups in total. The second kappa shape index (κ2) is 4.36. The molecule has 0 saturated heterocycles. The molecule has 86 valence electrons. The quantitative estimate of drug-likeness (QED) is 0.562. The van der Waals surface area contributed by atoms with Crippen molar-refractivity contribution in [1.82, 2.24) is 0 Å². The van der Waals surface area contributed by atoms with Crippen LogP contribution in [0.5, 0.6) is 0 Å². The summed E-state index contributed by atoms with van der Waals surface area (Å²) in [6, 6.07) is 8.01. The van der Waals surface area contributed by atoms with Crippen molar-refractivity contribution in [2.75, 3.05) is 14.2 Å². The van der Waals surface area contributed by atoms with Crippen molar-refractivity contribution in [3.63, 3.8) is 0 Å². The lowest BCUT2D eigenvalue weighted by Gasteiger charge is -2.27. The van der Waals surface area contributed by atoms with Crippen LogP contribution in [0.25, 0.3) is 0 Å². The van der Waals surface area contributed by atoms with E-state index in [4.69, 9.17) is 9.47 Å². The van der Waals surface area contributed by atoms with Crippen LogP contribution in [0.1, 0.15) is 17.5 Å². The van der Waals surface area contributed by atoms with Gasteiger partial charge in [0, 0.05) is 27.1 Å². The van der Waals surface area contributed by atoms with E-state index in [9.17, 15) is 4.79 Å². The molecule has 0 radical (unpaired) electrons. The molecule has 0 atom stereocenters. The van der Waals surface area contributed by atoms with Crippen LogP contribution in [0.15, 0.2) is 24.3 Å². The van der Waals surface area contributed by atoms with Gasteiger partial charge in [0.05, 0.1) is 0 Å². The largest absolute Gasteiger partial charge is 0.347 e. The first-order chi connectivity index (χ1) is 7.72. The molecule has 3 heteroatoms. The fourth-order valence-corrected chi connectivity index (χ4v) is 2.24. The number of hydrogen-bond acceptors (Lipinski definition) is 3. The molecule has 0 saturated carbocycles. The molecule has 0 unspecified atom stereocenters. The van der Waals surface area contributed by atoms with Crippen LogP contribution in [-0.2, 0) is 27.1 Å². The van der Waals surface area contributed by atoms with E-state index >= 15 is 0 Å². The summed E-state index contributed by atoms with van der Waals surface area (Å²) in [5, 5.41) is 0. The van der Waals surface area contributed by atoms with Gasteiger partial charge in [0.15, 0.2) is 5.78 Å². The van der Waals surface area contributed by atoms with Crippen molar-refractivity contribution in [3.05, 3.63) is 35.4 Å². The third kappa shape index (κ3) is 1.77. The predicted octanol–water partition coefficient (Wildman–Crippen LogP) is 1.73. The Hall–Kier alpha value is -1.19. The molecule has 16 heavy (non-hydrogen) atoms. The van der Waals surface area contributed by atoms with Gasteiger partial charge in [-0.15, -0.1) is 0 Å². The molecule has 1 aliphatic rings. The Balaban J connectivity index is 2.35. The number of ketones is 1. The summed E-state index contributed by atoms with van der Waals surface area (Å²) in [5.74, 6) is -1.05. The number of carbonyl (C=O) groups excluding carboxylic acids is 1. The van der Waals surface area contributed by atoms with Crippen LogP contribution in [0.3, 0.4) is 0 Å². The van der Waals surface area contributed by atoms with Gasteiger partial charge in [-0.1, -0.05) is 24.3 Å². The average Bonchev–Trinajstić information content (AvgIpc) is 2.46. The SMILES string of the molecule is COC1(OC)CCc2ccccc2CC1=O. The Labute approximate surface area is 95.4 Å². The van der Waals surface area contributed by atoms with Crippen LogP contribution in [0.2, 0.25) is 0 Å². The maximum Gasteiger partial charge on any atom is 0.229 e. The molecule has 0 bridgehead atoms. The van der Waals surface area contributed by atoms with Gasteiger partial charge < -0.3 is 9.47 Å². The number of benzene rings is 1. The molecule has 0 spiro atoms. The Morgan fingerprint density at radius 1 is 1.12 bits per heavy atom. The number of ether oxygens (including phenoxy) is 2. The maximum atomic E-state index is 12.1. The van der Waals surface area contributed by atoms with Gasteiger partial charge in [0.2, 0.25) is 5.79 Å². The van der Waals surface area contributed by atoms with Crippen molar-refractivity contribution in [3.8, 4) is 0 Å². The van der Waals surface area contributed by atoms with Crippen LogP contribution in [0, 0.1) is 0 Å². The van der Waals surface area contributed by atoms with Crippen LogP contribution in [-0.4, -0.2) is 25.8 Å². The highest BCUT2D eigenvalue weighted by Crippen LogP contribution is 2.28. The zero-order valence-electron chi connectivity index (χ0n) is 9.66. The van der Waals surface area contributed by atoms with Gasteiger partial charge in [-0.25, -0.2) is 0 Å². The molecular weight excluding hydrogens is 204 g/mol. The van der Waals surface area contributed by atoms with Gasteiger partial charge >= 0.3 is 0 Å². The number of carbonyl (C=O) groups is 1. The van der Waals surface area contributed by atoms with E-state index in [0.29, 0.717) is 12.8 Å². The molecule has 0 amide bonds. The first kappa shape index (κ1) is 11.3. The summed E-state index contributed by atoms with van der Waals surface area (Å²) >= 11 is 0. The Morgan fingerprint density at radius 2 is 1.75 bits per heavy atom. The first-order valence-electron chi connectivity index (χ1n) is 5.42. The summed E-state index contributed by atoms with van der Waals surface area (Å²) in [6.07, 6.45) is 1.78. The van der Waals surface area contributed by atoms with E-state index in [-0.39, 0.29) is 5.78 Å². The molecule has 1 aromatic rings. The third-order valence-electron chi connectivity index (χ3n) is 3.28. The normalized spacial score (nSPS) is 19.0. The summed E-state index contributed by atoms with van der Waals surface area (Å²) < 4.78 is 10.6. The second-order valence-corrected chi connectivity index (χ2v) is 4.03. The van der Waals surface area contributed by atoms with E-state index in [2.05, 4.69) is 6.07 Å². The minimum absolute atomic E-state index is 0.00227. The topological polar surface area (TPSA) is 35.5 Å². The minimum Gasteiger partial charge on any atom is -0.347 e. The van der Waals surface area contributed by atoms with Crippen molar-refractivity contribution in [2.45, 2.75) is 25.0 Å². The standard InChI is InChI=1S/C13H16O3/c1-15-13(16-2)8-7-10-5-3-4-6-11(10)9-12(13)14/h3-6H,7-9H2,1-2H3. The molecule has 2 rings (SSSR count). The van der Waals surface area contributed by atoms with E-state index < -0.39 is 5.79 Å². The Kier molecular flexibility index (Phi) is 3.08. The molecule has 3 nitrogen and oxygen atoms in total. The van der Waals surface area contributed by atoms with Crippen LogP contribution < -0.4 is 0 Å². The number of aryl methyl sites for hydroxylation is 1. The van der Waals surface area contributed by atoms with Gasteiger partial charge in [0.1, 0.15) is 0 Å². The Bertz CT molecular complexity index is 394. The molecule has 1 aromatic carbocycles. The highest BCUT2D eigenvalue weighted by atomic mass is 16.7. The van der Waals surface area contributed by atoms with Crippen molar-refractivity contribution < 1.29 is 14.3 Å². The average molecular weight is 220 g/mol. The zero-order chi connectivity index (χ0) is 11.6. The summed E-state index contributed by atoms with van der Waals surface area (Å²) in [6.45, 7) is 0. The number of rotatable bonds is 2. The van der Waals surface area contributed by atoms with Crippen molar-refractivity contribution in [2.24, 2.45) is 0 Å². The fraction of sp³-hybridized carbons (Fsp3) is 0.462. The molecule has 0 heterocycles. The molecule has 0 aliphatic heterocycles. The molecular formula is C13H16O3. The number of Topliss-reactive ketones (excluding diaryl/α,β-unsaturated/α-hetero) is 1. The summed E-state index contributed by atoms with van der Waals surface area (Å²) in [4.78, 5) is 12.1. The van der Waals surface area contributed by atoms with Crippen molar-refractivity contribution in [1.29, 1.82) is 0 Å².